The molecule has 0 saturated carbocycles. The summed E-state index contributed by atoms with van der Waals surface area (Å²) in [6.45, 7) is 3.75. The molecule has 1 fully saturated rings. The average Bonchev–Trinajstić information content (AvgIpc) is 2.39. The van der Waals surface area contributed by atoms with Gasteiger partial charge in [0, 0.05) is 31.7 Å². The molecule has 1 aromatic carbocycles. The highest BCUT2D eigenvalue weighted by molar-refractivity contribution is 5.38. The molecule has 4 heteroatoms. The number of piperazine rings is 1. The summed E-state index contributed by atoms with van der Waals surface area (Å²) in [4.78, 5) is 2.19. The Kier molecular flexibility index (Phi) is 3.52. The smallest absolute Gasteiger partial charge is 0.0995 e. The molecule has 83 valence electrons. The van der Waals surface area contributed by atoms with Crippen LogP contribution in [0.2, 0.25) is 0 Å². The fourth-order valence-electron chi connectivity index (χ4n) is 1.95. The first-order valence-electron chi connectivity index (χ1n) is 5.43. The van der Waals surface area contributed by atoms with E-state index < -0.39 is 0 Å². The molecule has 1 aliphatic heterocycles. The number of benzene rings is 1. The van der Waals surface area contributed by atoms with Gasteiger partial charge in [-0.1, -0.05) is 12.1 Å². The van der Waals surface area contributed by atoms with Crippen LogP contribution < -0.4 is 11.1 Å². The number of nitriles is 1. The second-order valence-electron chi connectivity index (χ2n) is 3.86. The summed E-state index contributed by atoms with van der Waals surface area (Å²) in [5.74, 6) is 0. The van der Waals surface area contributed by atoms with Crippen LogP contribution in [0.4, 0.5) is 0 Å². The summed E-state index contributed by atoms with van der Waals surface area (Å²) >= 11 is 0. The second kappa shape index (κ2) is 5.08. The van der Waals surface area contributed by atoms with Gasteiger partial charge in [0.15, 0.2) is 0 Å². The Balaban J connectivity index is 2.19. The SMILES string of the molecule is N#Cc1c[c]ccc1C(N)N1CCNCC1. The van der Waals surface area contributed by atoms with Gasteiger partial charge in [0.25, 0.3) is 0 Å². The summed E-state index contributed by atoms with van der Waals surface area (Å²) in [6.07, 6.45) is -0.189. The van der Waals surface area contributed by atoms with Crippen LogP contribution in [0, 0.1) is 17.4 Å². The first kappa shape index (κ1) is 11.1. The molecule has 4 nitrogen and oxygen atoms in total. The number of rotatable bonds is 2. The second-order valence-corrected chi connectivity index (χ2v) is 3.86. The lowest BCUT2D eigenvalue weighted by molar-refractivity contribution is 0.177. The zero-order valence-corrected chi connectivity index (χ0v) is 9.11. The molecular formula is C12H15N4. The lowest BCUT2D eigenvalue weighted by Gasteiger charge is -2.33. The van der Waals surface area contributed by atoms with Gasteiger partial charge < -0.3 is 11.1 Å². The van der Waals surface area contributed by atoms with Crippen molar-refractivity contribution in [1.29, 1.82) is 5.26 Å². The minimum Gasteiger partial charge on any atom is -0.314 e. The van der Waals surface area contributed by atoms with Crippen LogP contribution in [0.25, 0.3) is 0 Å². The standard InChI is InChI=1S/C12H15N4/c13-9-10-3-1-2-4-11(10)12(14)16-7-5-15-6-8-16/h2-4,12,15H,5-8,14H2. The predicted octanol–water partition coefficient (Wildman–Crippen LogP) is 0.221. The van der Waals surface area contributed by atoms with E-state index in [1.54, 1.807) is 12.1 Å². The number of nitrogens with one attached hydrogen (secondary N) is 1. The Morgan fingerprint density at radius 3 is 2.94 bits per heavy atom. The molecule has 0 amide bonds. The highest BCUT2D eigenvalue weighted by atomic mass is 15.3. The monoisotopic (exact) mass is 215 g/mol. The summed E-state index contributed by atoms with van der Waals surface area (Å²) in [5.41, 5.74) is 7.69. The molecule has 1 saturated heterocycles. The minimum absolute atomic E-state index is 0.189. The fourth-order valence-corrected chi connectivity index (χ4v) is 1.95. The Morgan fingerprint density at radius 1 is 1.50 bits per heavy atom. The fraction of sp³-hybridized carbons (Fsp3) is 0.417. The molecule has 0 bridgehead atoms. The van der Waals surface area contributed by atoms with E-state index in [0.717, 1.165) is 31.7 Å². The molecule has 2 rings (SSSR count). The highest BCUT2D eigenvalue weighted by Gasteiger charge is 2.20. The molecule has 1 radical (unpaired) electrons. The Morgan fingerprint density at radius 2 is 2.25 bits per heavy atom. The van der Waals surface area contributed by atoms with Crippen molar-refractivity contribution in [3.05, 3.63) is 35.4 Å². The molecule has 1 aliphatic rings. The average molecular weight is 215 g/mol. The summed E-state index contributed by atoms with van der Waals surface area (Å²) in [6, 6.07) is 10.4. The quantitative estimate of drug-likeness (QED) is 0.740. The first-order chi connectivity index (χ1) is 7.83. The van der Waals surface area contributed by atoms with Gasteiger partial charge in [-0.3, -0.25) is 4.90 Å². The zero-order chi connectivity index (χ0) is 11.4. The van der Waals surface area contributed by atoms with Crippen molar-refractivity contribution < 1.29 is 0 Å². The lowest BCUT2D eigenvalue weighted by Crippen LogP contribution is -2.47. The van der Waals surface area contributed by atoms with Crippen molar-refractivity contribution in [3.8, 4) is 6.07 Å². The van der Waals surface area contributed by atoms with E-state index >= 15 is 0 Å². The van der Waals surface area contributed by atoms with Crippen LogP contribution in [0.5, 0.6) is 0 Å². The van der Waals surface area contributed by atoms with Gasteiger partial charge in [-0.05, 0) is 12.1 Å². The number of nitrogens with two attached hydrogens (primary N) is 1. The molecule has 3 N–H and O–H groups in total. The van der Waals surface area contributed by atoms with Crippen molar-refractivity contribution in [2.24, 2.45) is 5.73 Å². The van der Waals surface area contributed by atoms with Gasteiger partial charge in [0.2, 0.25) is 0 Å². The molecule has 1 heterocycles. The molecule has 0 aliphatic carbocycles. The molecule has 0 aromatic heterocycles. The van der Waals surface area contributed by atoms with Crippen molar-refractivity contribution in [1.82, 2.24) is 10.2 Å². The third kappa shape index (κ3) is 2.22. The minimum atomic E-state index is -0.189. The van der Waals surface area contributed by atoms with Crippen LogP contribution >= 0.6 is 0 Å². The zero-order valence-electron chi connectivity index (χ0n) is 9.11. The van der Waals surface area contributed by atoms with Crippen LogP contribution in [0.3, 0.4) is 0 Å². The van der Waals surface area contributed by atoms with Gasteiger partial charge >= 0.3 is 0 Å². The van der Waals surface area contributed by atoms with E-state index in [4.69, 9.17) is 11.0 Å². The van der Waals surface area contributed by atoms with Crippen LogP contribution in [-0.4, -0.2) is 31.1 Å². The van der Waals surface area contributed by atoms with E-state index in [-0.39, 0.29) is 6.17 Å². The number of hydrogen-bond donors (Lipinski definition) is 2. The topological polar surface area (TPSA) is 65.1 Å². The predicted molar refractivity (Wildman–Crippen MR) is 61.4 cm³/mol. The summed E-state index contributed by atoms with van der Waals surface area (Å²) in [7, 11) is 0. The maximum Gasteiger partial charge on any atom is 0.0995 e. The van der Waals surface area contributed by atoms with E-state index in [0.29, 0.717) is 5.56 Å². The molecule has 1 aromatic rings. The first-order valence-corrected chi connectivity index (χ1v) is 5.43. The van der Waals surface area contributed by atoms with Gasteiger partial charge in [-0.2, -0.15) is 5.26 Å². The van der Waals surface area contributed by atoms with Gasteiger partial charge in [0.05, 0.1) is 17.8 Å². The third-order valence-electron chi connectivity index (χ3n) is 2.88. The van der Waals surface area contributed by atoms with Crippen molar-refractivity contribution >= 4 is 0 Å². The number of hydrogen-bond acceptors (Lipinski definition) is 4. The molecular weight excluding hydrogens is 200 g/mol. The summed E-state index contributed by atoms with van der Waals surface area (Å²) in [5, 5.41) is 12.3. The molecule has 1 atom stereocenters. The van der Waals surface area contributed by atoms with Crippen LogP contribution in [0.1, 0.15) is 17.3 Å². The van der Waals surface area contributed by atoms with E-state index in [1.165, 1.54) is 0 Å². The number of nitrogens with zero attached hydrogens (tertiary/aromatic N) is 2. The third-order valence-corrected chi connectivity index (χ3v) is 2.88. The van der Waals surface area contributed by atoms with Crippen LogP contribution in [0.15, 0.2) is 18.2 Å². The van der Waals surface area contributed by atoms with Gasteiger partial charge in [0.1, 0.15) is 0 Å². The largest absolute Gasteiger partial charge is 0.314 e. The molecule has 0 spiro atoms. The summed E-state index contributed by atoms with van der Waals surface area (Å²) < 4.78 is 0. The molecule has 1 unspecified atom stereocenters. The highest BCUT2D eigenvalue weighted by Crippen LogP contribution is 2.19. The van der Waals surface area contributed by atoms with Crippen LogP contribution in [-0.2, 0) is 0 Å². The normalized spacial score (nSPS) is 19.0. The van der Waals surface area contributed by atoms with Crippen molar-refractivity contribution in [2.45, 2.75) is 6.17 Å². The maximum atomic E-state index is 9.01. The van der Waals surface area contributed by atoms with Gasteiger partial charge in [-0.15, -0.1) is 0 Å². The van der Waals surface area contributed by atoms with Crippen molar-refractivity contribution in [3.63, 3.8) is 0 Å². The Bertz CT molecular complexity index is 390. The van der Waals surface area contributed by atoms with Gasteiger partial charge in [-0.25, -0.2) is 0 Å². The van der Waals surface area contributed by atoms with Crippen molar-refractivity contribution in [2.75, 3.05) is 26.2 Å². The van der Waals surface area contributed by atoms with E-state index in [2.05, 4.69) is 22.4 Å². The lowest BCUT2D eigenvalue weighted by atomic mass is 10.1. The molecule has 16 heavy (non-hydrogen) atoms. The van der Waals surface area contributed by atoms with E-state index in [1.807, 2.05) is 6.07 Å². The Hall–Kier alpha value is -1.41. The maximum absolute atomic E-state index is 9.01. The Labute approximate surface area is 95.7 Å². The van der Waals surface area contributed by atoms with E-state index in [9.17, 15) is 0 Å².